The van der Waals surface area contributed by atoms with Crippen LogP contribution in [-0.4, -0.2) is 60.2 Å². The highest BCUT2D eigenvalue weighted by atomic mass is 127. The molecule has 0 bridgehead atoms. The number of rotatable bonds is 5. The fraction of sp³-hybridized carbons (Fsp3) is 0.800. The summed E-state index contributed by atoms with van der Waals surface area (Å²) in [5, 5.41) is 11.6. The molecule has 160 valence electrons. The lowest BCUT2D eigenvalue weighted by Crippen LogP contribution is -2.70. The molecule has 2 aliphatic rings. The van der Waals surface area contributed by atoms with Gasteiger partial charge in [-0.3, -0.25) is 9.67 Å². The second-order valence-corrected chi connectivity index (χ2v) is 8.68. The van der Waals surface area contributed by atoms with Gasteiger partial charge in [-0.2, -0.15) is 5.10 Å². The summed E-state index contributed by atoms with van der Waals surface area (Å²) in [5.74, 6) is 0.923. The van der Waals surface area contributed by atoms with Gasteiger partial charge in [-0.05, 0) is 33.1 Å². The number of methoxy groups -OCH3 is 1. The van der Waals surface area contributed by atoms with Crippen LogP contribution in [0.25, 0.3) is 0 Å². The van der Waals surface area contributed by atoms with E-state index < -0.39 is 0 Å². The summed E-state index contributed by atoms with van der Waals surface area (Å²) in [6.45, 7) is 11.6. The Bertz CT molecular complexity index is 675. The van der Waals surface area contributed by atoms with E-state index in [1.807, 2.05) is 25.0 Å². The van der Waals surface area contributed by atoms with Crippen LogP contribution >= 0.6 is 24.0 Å². The number of nitrogens with zero attached hydrogens (tertiary/aromatic N) is 4. The zero-order chi connectivity index (χ0) is 19.7. The molecule has 0 aromatic carbocycles. The predicted molar refractivity (Wildman–Crippen MR) is 126 cm³/mol. The van der Waals surface area contributed by atoms with Crippen molar-refractivity contribution in [2.24, 2.45) is 17.5 Å². The Morgan fingerprint density at radius 1 is 1.36 bits per heavy atom. The van der Waals surface area contributed by atoms with E-state index in [0.29, 0.717) is 12.1 Å². The first-order valence-electron chi connectivity index (χ1n) is 10.2. The smallest absolute Gasteiger partial charge is 0.191 e. The summed E-state index contributed by atoms with van der Waals surface area (Å²) >= 11 is 0. The highest BCUT2D eigenvalue weighted by Crippen LogP contribution is 2.51. The Kier molecular flexibility index (Phi) is 7.63. The SMILES string of the molecule is CCN=C(NC1CCCN(c2cnn(C)c2)C1)NC1CC(C)(OC)C1(C)C.I. The highest BCUT2D eigenvalue weighted by Gasteiger charge is 2.58. The molecule has 3 atom stereocenters. The molecule has 1 aliphatic carbocycles. The summed E-state index contributed by atoms with van der Waals surface area (Å²) in [4.78, 5) is 7.11. The largest absolute Gasteiger partial charge is 0.378 e. The van der Waals surface area contributed by atoms with Gasteiger partial charge in [0.25, 0.3) is 0 Å². The van der Waals surface area contributed by atoms with Gasteiger partial charge >= 0.3 is 0 Å². The van der Waals surface area contributed by atoms with Crippen molar-refractivity contribution < 1.29 is 4.74 Å². The Hall–Kier alpha value is -1.03. The fourth-order valence-corrected chi connectivity index (χ4v) is 4.27. The van der Waals surface area contributed by atoms with Crippen molar-refractivity contribution >= 4 is 35.6 Å². The van der Waals surface area contributed by atoms with E-state index in [2.05, 4.69) is 54.5 Å². The number of guanidine groups is 1. The van der Waals surface area contributed by atoms with Gasteiger partial charge in [0.05, 0.1) is 17.5 Å². The van der Waals surface area contributed by atoms with Crippen LogP contribution in [-0.2, 0) is 11.8 Å². The van der Waals surface area contributed by atoms with E-state index in [1.54, 1.807) is 0 Å². The Morgan fingerprint density at radius 3 is 2.68 bits per heavy atom. The first-order valence-corrected chi connectivity index (χ1v) is 10.2. The van der Waals surface area contributed by atoms with E-state index in [9.17, 15) is 0 Å². The molecular formula is C20H37IN6O. The van der Waals surface area contributed by atoms with Crippen LogP contribution in [0, 0.1) is 5.41 Å². The Balaban J connectivity index is 0.00000280. The second-order valence-electron chi connectivity index (χ2n) is 8.68. The summed E-state index contributed by atoms with van der Waals surface area (Å²) in [5.41, 5.74) is 1.18. The number of piperidine rings is 1. The minimum absolute atomic E-state index is 0. The van der Waals surface area contributed by atoms with Gasteiger partial charge < -0.3 is 20.3 Å². The third kappa shape index (κ3) is 4.58. The third-order valence-electron chi connectivity index (χ3n) is 6.72. The van der Waals surface area contributed by atoms with Crippen LogP contribution in [0.2, 0.25) is 0 Å². The van der Waals surface area contributed by atoms with Crippen molar-refractivity contribution in [1.29, 1.82) is 0 Å². The topological polar surface area (TPSA) is 66.7 Å². The molecule has 2 N–H and O–H groups in total. The summed E-state index contributed by atoms with van der Waals surface area (Å²) in [7, 11) is 3.78. The minimum Gasteiger partial charge on any atom is -0.378 e. The van der Waals surface area contributed by atoms with Crippen LogP contribution in [0.15, 0.2) is 17.4 Å². The number of anilines is 1. The molecule has 7 nitrogen and oxygen atoms in total. The molecule has 0 radical (unpaired) electrons. The number of aliphatic imine (C=N–C) groups is 1. The van der Waals surface area contributed by atoms with Crippen LogP contribution in [0.5, 0.6) is 0 Å². The zero-order valence-corrected chi connectivity index (χ0v) is 20.5. The average molecular weight is 504 g/mol. The molecule has 28 heavy (non-hydrogen) atoms. The summed E-state index contributed by atoms with van der Waals surface area (Å²) < 4.78 is 7.63. The first-order chi connectivity index (χ1) is 12.8. The molecule has 3 unspecified atom stereocenters. The quantitative estimate of drug-likeness (QED) is 0.367. The standard InChI is InChI=1S/C20H36N6O.HI/c1-7-21-18(24-17-11-20(4,27-6)19(17,2)3)23-15-9-8-10-26(13-15)16-12-22-25(5)14-16;/h12,14-15,17H,7-11,13H2,1-6H3,(H2,21,23,24);1H. The number of hydrogen-bond acceptors (Lipinski definition) is 4. The molecule has 1 saturated carbocycles. The maximum Gasteiger partial charge on any atom is 0.191 e. The monoisotopic (exact) mass is 504 g/mol. The second kappa shape index (κ2) is 9.19. The van der Waals surface area contributed by atoms with Gasteiger partial charge in [0.2, 0.25) is 0 Å². The number of ether oxygens (including phenoxy) is 1. The van der Waals surface area contributed by atoms with Crippen molar-refractivity contribution in [3.05, 3.63) is 12.4 Å². The highest BCUT2D eigenvalue weighted by molar-refractivity contribution is 14.0. The number of hydrogen-bond donors (Lipinski definition) is 2. The van der Waals surface area contributed by atoms with E-state index in [1.165, 1.54) is 12.1 Å². The van der Waals surface area contributed by atoms with E-state index >= 15 is 0 Å². The molecule has 1 saturated heterocycles. The molecule has 3 rings (SSSR count). The van der Waals surface area contributed by atoms with Gasteiger partial charge in [-0.25, -0.2) is 0 Å². The molecule has 2 fully saturated rings. The molecule has 1 aromatic rings. The van der Waals surface area contributed by atoms with Crippen LogP contribution in [0.1, 0.15) is 47.0 Å². The van der Waals surface area contributed by atoms with Crippen molar-refractivity contribution in [3.63, 3.8) is 0 Å². The lowest BCUT2D eigenvalue weighted by atomic mass is 9.56. The average Bonchev–Trinajstić information content (AvgIpc) is 3.08. The lowest BCUT2D eigenvalue weighted by molar-refractivity contribution is -0.176. The first kappa shape index (κ1) is 23.3. The Morgan fingerprint density at radius 2 is 2.11 bits per heavy atom. The van der Waals surface area contributed by atoms with Crippen molar-refractivity contribution in [2.75, 3.05) is 31.6 Å². The number of nitrogens with one attached hydrogen (secondary N) is 2. The van der Waals surface area contributed by atoms with E-state index in [0.717, 1.165) is 38.4 Å². The lowest BCUT2D eigenvalue weighted by Gasteiger charge is -2.59. The fourth-order valence-electron chi connectivity index (χ4n) is 4.27. The zero-order valence-electron chi connectivity index (χ0n) is 18.2. The number of aryl methyl sites for hydroxylation is 1. The normalized spacial score (nSPS) is 29.6. The molecule has 2 heterocycles. The van der Waals surface area contributed by atoms with Crippen LogP contribution in [0.3, 0.4) is 0 Å². The molecule has 0 spiro atoms. The van der Waals surface area contributed by atoms with Gasteiger partial charge in [0, 0.05) is 57.5 Å². The van der Waals surface area contributed by atoms with Crippen LogP contribution < -0.4 is 15.5 Å². The maximum atomic E-state index is 5.76. The van der Waals surface area contributed by atoms with Crippen LogP contribution in [0.4, 0.5) is 5.69 Å². The number of aromatic nitrogens is 2. The molecule has 1 aliphatic heterocycles. The van der Waals surface area contributed by atoms with Gasteiger partial charge in [-0.1, -0.05) is 13.8 Å². The van der Waals surface area contributed by atoms with E-state index in [-0.39, 0.29) is 35.0 Å². The molecule has 0 amide bonds. The predicted octanol–water partition coefficient (Wildman–Crippen LogP) is 2.77. The van der Waals surface area contributed by atoms with Crippen molar-refractivity contribution in [3.8, 4) is 0 Å². The third-order valence-corrected chi connectivity index (χ3v) is 6.72. The van der Waals surface area contributed by atoms with E-state index in [4.69, 9.17) is 9.73 Å². The molecule has 1 aromatic heterocycles. The molecular weight excluding hydrogens is 467 g/mol. The minimum atomic E-state index is -0.0794. The Labute approximate surface area is 186 Å². The van der Waals surface area contributed by atoms with Gasteiger partial charge in [0.1, 0.15) is 0 Å². The summed E-state index contributed by atoms with van der Waals surface area (Å²) in [6.07, 6.45) is 7.36. The maximum absolute atomic E-state index is 5.76. The van der Waals surface area contributed by atoms with Gasteiger partial charge in [0.15, 0.2) is 5.96 Å². The molecule has 8 heteroatoms. The van der Waals surface area contributed by atoms with Crippen molar-refractivity contribution in [2.45, 2.75) is 64.6 Å². The summed E-state index contributed by atoms with van der Waals surface area (Å²) in [6, 6.07) is 0.743. The van der Waals surface area contributed by atoms with Crippen molar-refractivity contribution in [1.82, 2.24) is 20.4 Å². The number of halogens is 1. The van der Waals surface area contributed by atoms with Gasteiger partial charge in [-0.15, -0.1) is 24.0 Å².